The molecule has 1 aromatic carbocycles. The summed E-state index contributed by atoms with van der Waals surface area (Å²) in [5.41, 5.74) is 3.15. The van der Waals surface area contributed by atoms with E-state index in [2.05, 4.69) is 45.4 Å². The summed E-state index contributed by atoms with van der Waals surface area (Å²) in [5.74, 6) is 0.469. The number of aliphatic hydroxyl groups excluding tert-OH is 3. The van der Waals surface area contributed by atoms with Gasteiger partial charge in [-0.15, -0.1) is 0 Å². The van der Waals surface area contributed by atoms with Crippen molar-refractivity contribution in [3.63, 3.8) is 0 Å². The average molecular weight is 490 g/mol. The van der Waals surface area contributed by atoms with Crippen LogP contribution in [0.3, 0.4) is 0 Å². The van der Waals surface area contributed by atoms with Gasteiger partial charge in [0.2, 0.25) is 5.28 Å². The summed E-state index contributed by atoms with van der Waals surface area (Å²) in [5, 5.41) is 33.4. The third-order valence-corrected chi connectivity index (χ3v) is 6.68. The third-order valence-electron chi connectivity index (χ3n) is 6.51. The number of anilines is 1. The fraction of sp³-hybridized carbons (Fsp3) is 0.522. The van der Waals surface area contributed by atoms with Crippen molar-refractivity contribution in [2.45, 2.75) is 69.5 Å². The predicted octanol–water partition coefficient (Wildman–Crippen LogP) is 1.95. The van der Waals surface area contributed by atoms with Crippen LogP contribution in [0.15, 0.2) is 30.6 Å². The molecule has 34 heavy (non-hydrogen) atoms. The van der Waals surface area contributed by atoms with Gasteiger partial charge in [-0.25, -0.2) is 4.98 Å². The molecule has 11 heteroatoms. The van der Waals surface area contributed by atoms with Gasteiger partial charge in [-0.3, -0.25) is 4.57 Å². The Labute approximate surface area is 201 Å². The number of halogens is 1. The van der Waals surface area contributed by atoms with E-state index in [0.29, 0.717) is 23.6 Å². The molecule has 1 saturated heterocycles. The highest BCUT2D eigenvalue weighted by Crippen LogP contribution is 2.34. The van der Waals surface area contributed by atoms with Crippen molar-refractivity contribution in [3.8, 4) is 0 Å². The van der Waals surface area contributed by atoms with Gasteiger partial charge in [0.25, 0.3) is 0 Å². The SMILES string of the molecule is Cc1cccc(CO[C@H]2CCC[C@@H]2Nc2nc(Cl)nc3c2ncn3[C@@H]2O[C@H](CO)[C@@H](O)[C@H]2O)c1. The highest BCUT2D eigenvalue weighted by molar-refractivity contribution is 6.28. The molecule has 10 nitrogen and oxygen atoms in total. The number of aromatic nitrogens is 4. The van der Waals surface area contributed by atoms with E-state index in [-0.39, 0.29) is 17.4 Å². The maximum atomic E-state index is 10.4. The maximum absolute atomic E-state index is 10.4. The molecule has 0 spiro atoms. The maximum Gasteiger partial charge on any atom is 0.226 e. The molecule has 1 aliphatic heterocycles. The van der Waals surface area contributed by atoms with E-state index >= 15 is 0 Å². The van der Waals surface area contributed by atoms with E-state index < -0.39 is 31.1 Å². The highest BCUT2D eigenvalue weighted by atomic mass is 35.5. The Bertz CT molecular complexity index is 1160. The minimum Gasteiger partial charge on any atom is -0.394 e. The lowest BCUT2D eigenvalue weighted by Gasteiger charge is -2.22. The molecule has 0 amide bonds. The van der Waals surface area contributed by atoms with E-state index in [1.165, 1.54) is 16.5 Å². The standard InChI is InChI=1S/C23H28ClN5O5/c1-12-4-2-5-13(8-12)10-33-15-7-3-6-14(15)26-20-17-21(28-23(24)27-20)29(11-25-17)22-19(32)18(31)16(9-30)34-22/h2,4-5,8,11,14-16,18-19,22,30-32H,3,6-7,9-10H2,1H3,(H,26,27,28)/t14-,15-,16+,18+,19+,22+/m0/s1. The van der Waals surface area contributed by atoms with E-state index in [4.69, 9.17) is 21.1 Å². The zero-order valence-electron chi connectivity index (χ0n) is 18.7. The first-order valence-corrected chi connectivity index (χ1v) is 11.8. The molecule has 0 unspecified atom stereocenters. The number of rotatable bonds is 7. The molecule has 6 atom stereocenters. The zero-order valence-corrected chi connectivity index (χ0v) is 19.5. The fourth-order valence-corrected chi connectivity index (χ4v) is 4.92. The Kier molecular flexibility index (Phi) is 6.70. The van der Waals surface area contributed by atoms with Crippen molar-refractivity contribution in [1.82, 2.24) is 19.5 Å². The third kappa shape index (κ3) is 4.49. The summed E-state index contributed by atoms with van der Waals surface area (Å²) >= 11 is 6.23. The van der Waals surface area contributed by atoms with Gasteiger partial charge in [0.1, 0.15) is 18.3 Å². The second-order valence-corrected chi connectivity index (χ2v) is 9.25. The Morgan fingerprint density at radius 1 is 1.24 bits per heavy atom. The van der Waals surface area contributed by atoms with Gasteiger partial charge in [0.15, 0.2) is 23.2 Å². The lowest BCUT2D eigenvalue weighted by molar-refractivity contribution is -0.0511. The van der Waals surface area contributed by atoms with Crippen molar-refractivity contribution >= 4 is 28.6 Å². The second-order valence-electron chi connectivity index (χ2n) is 8.91. The predicted molar refractivity (Wildman–Crippen MR) is 124 cm³/mol. The number of benzene rings is 1. The normalized spacial score (nSPS) is 29.2. The summed E-state index contributed by atoms with van der Waals surface area (Å²) in [6.45, 7) is 2.17. The minimum atomic E-state index is -1.26. The van der Waals surface area contributed by atoms with Crippen molar-refractivity contribution in [3.05, 3.63) is 47.0 Å². The van der Waals surface area contributed by atoms with Crippen molar-refractivity contribution in [2.24, 2.45) is 0 Å². The van der Waals surface area contributed by atoms with Gasteiger partial charge in [0.05, 0.1) is 31.7 Å². The van der Waals surface area contributed by atoms with Gasteiger partial charge in [0, 0.05) is 0 Å². The van der Waals surface area contributed by atoms with Crippen LogP contribution in [-0.2, 0) is 16.1 Å². The first kappa shape index (κ1) is 23.4. The minimum absolute atomic E-state index is 0.00633. The number of aryl methyl sites for hydroxylation is 1. The topological polar surface area (TPSA) is 135 Å². The van der Waals surface area contributed by atoms with Crippen molar-refractivity contribution in [1.29, 1.82) is 0 Å². The Hall–Kier alpha value is -2.34. The largest absolute Gasteiger partial charge is 0.394 e. The van der Waals surface area contributed by atoms with Crippen LogP contribution < -0.4 is 5.32 Å². The van der Waals surface area contributed by atoms with Gasteiger partial charge in [-0.2, -0.15) is 9.97 Å². The molecule has 182 valence electrons. The zero-order chi connectivity index (χ0) is 23.8. The van der Waals surface area contributed by atoms with Crippen LogP contribution in [0.5, 0.6) is 0 Å². The number of fused-ring (bicyclic) bond motifs is 1. The smallest absolute Gasteiger partial charge is 0.226 e. The Balaban J connectivity index is 1.36. The van der Waals surface area contributed by atoms with Crippen LogP contribution >= 0.6 is 11.6 Å². The Morgan fingerprint density at radius 2 is 2.09 bits per heavy atom. The number of nitrogens with one attached hydrogen (secondary N) is 1. The number of ether oxygens (including phenoxy) is 2. The molecule has 2 fully saturated rings. The Morgan fingerprint density at radius 3 is 2.85 bits per heavy atom. The molecule has 5 rings (SSSR count). The summed E-state index contributed by atoms with van der Waals surface area (Å²) < 4.78 is 13.4. The number of aliphatic hydroxyl groups is 3. The van der Waals surface area contributed by atoms with Gasteiger partial charge < -0.3 is 30.1 Å². The van der Waals surface area contributed by atoms with E-state index in [0.717, 1.165) is 24.8 Å². The van der Waals surface area contributed by atoms with Crippen LogP contribution in [0.1, 0.15) is 36.6 Å². The first-order chi connectivity index (χ1) is 16.4. The lowest BCUT2D eigenvalue weighted by atomic mass is 10.1. The van der Waals surface area contributed by atoms with Crippen LogP contribution in [0.25, 0.3) is 11.2 Å². The number of nitrogens with zero attached hydrogens (tertiary/aromatic N) is 4. The molecule has 1 aliphatic carbocycles. The van der Waals surface area contributed by atoms with Crippen LogP contribution in [-0.4, -0.2) is 71.9 Å². The van der Waals surface area contributed by atoms with Crippen molar-refractivity contribution in [2.75, 3.05) is 11.9 Å². The van der Waals surface area contributed by atoms with E-state index in [1.54, 1.807) is 0 Å². The molecule has 3 heterocycles. The monoisotopic (exact) mass is 489 g/mol. The summed E-state index contributed by atoms with van der Waals surface area (Å²) in [6, 6.07) is 8.30. The number of hydrogen-bond acceptors (Lipinski definition) is 9. The molecule has 2 aliphatic rings. The molecular formula is C23H28ClN5O5. The van der Waals surface area contributed by atoms with Crippen LogP contribution in [0, 0.1) is 6.92 Å². The molecular weight excluding hydrogens is 462 g/mol. The van der Waals surface area contributed by atoms with Crippen LogP contribution in [0.4, 0.5) is 5.82 Å². The van der Waals surface area contributed by atoms with Gasteiger partial charge in [-0.05, 0) is 43.4 Å². The average Bonchev–Trinajstić information content (AvgIpc) is 3.51. The summed E-state index contributed by atoms with van der Waals surface area (Å²) in [6.07, 6.45) is -0.0195. The molecule has 4 N–H and O–H groups in total. The van der Waals surface area contributed by atoms with E-state index in [1.807, 2.05) is 6.07 Å². The fourth-order valence-electron chi connectivity index (χ4n) is 4.76. The molecule has 2 aromatic heterocycles. The van der Waals surface area contributed by atoms with Gasteiger partial charge >= 0.3 is 0 Å². The first-order valence-electron chi connectivity index (χ1n) is 11.4. The van der Waals surface area contributed by atoms with E-state index in [9.17, 15) is 15.3 Å². The second kappa shape index (κ2) is 9.73. The molecule has 1 saturated carbocycles. The van der Waals surface area contributed by atoms with Crippen molar-refractivity contribution < 1.29 is 24.8 Å². The summed E-state index contributed by atoms with van der Waals surface area (Å²) in [7, 11) is 0. The molecule has 0 radical (unpaired) electrons. The van der Waals surface area contributed by atoms with Gasteiger partial charge in [-0.1, -0.05) is 29.8 Å². The number of imidazole rings is 1. The lowest BCUT2D eigenvalue weighted by Crippen LogP contribution is -2.33. The summed E-state index contributed by atoms with van der Waals surface area (Å²) in [4.78, 5) is 13.1. The molecule has 0 bridgehead atoms. The molecule has 3 aromatic rings. The highest BCUT2D eigenvalue weighted by Gasteiger charge is 2.44. The number of hydrogen-bond donors (Lipinski definition) is 4. The quantitative estimate of drug-likeness (QED) is 0.367. The van der Waals surface area contributed by atoms with Crippen LogP contribution in [0.2, 0.25) is 5.28 Å².